The highest BCUT2D eigenvalue weighted by Gasteiger charge is 2.25. The van der Waals surface area contributed by atoms with Gasteiger partial charge in [0.05, 0.1) is 0 Å². The molecular weight excluding hydrogens is 238 g/mol. The Kier molecular flexibility index (Phi) is 2.43. The Hall–Kier alpha value is -1.36. The van der Waals surface area contributed by atoms with E-state index in [1.807, 2.05) is 6.92 Å². The van der Waals surface area contributed by atoms with E-state index in [0.717, 1.165) is 23.8 Å². The summed E-state index contributed by atoms with van der Waals surface area (Å²) in [6.45, 7) is 3.01. The van der Waals surface area contributed by atoms with E-state index in [0.29, 0.717) is 10.9 Å². The summed E-state index contributed by atoms with van der Waals surface area (Å²) in [7, 11) is 2.07. The Morgan fingerprint density at radius 3 is 3.00 bits per heavy atom. The molecule has 0 unspecified atom stereocenters. The van der Waals surface area contributed by atoms with Crippen LogP contribution in [-0.4, -0.2) is 33.2 Å². The van der Waals surface area contributed by atoms with E-state index in [1.165, 1.54) is 19.2 Å². The van der Waals surface area contributed by atoms with Gasteiger partial charge in [-0.25, -0.2) is 0 Å². The molecule has 2 heterocycles. The second-order valence-electron chi connectivity index (χ2n) is 4.65. The zero-order valence-corrected chi connectivity index (χ0v) is 10.6. The van der Waals surface area contributed by atoms with Crippen LogP contribution in [0.2, 0.25) is 5.15 Å². The Labute approximate surface area is 104 Å². The maximum Gasteiger partial charge on any atom is 0.255 e. The van der Waals surface area contributed by atoms with Crippen LogP contribution in [0.5, 0.6) is 0 Å². The van der Waals surface area contributed by atoms with Crippen LogP contribution in [0.4, 0.5) is 5.82 Å². The molecule has 0 saturated heterocycles. The molecule has 1 saturated carbocycles. The summed E-state index contributed by atoms with van der Waals surface area (Å²) in [5.74, 6) is 2.35. The number of rotatable bonds is 3. The summed E-state index contributed by atoms with van der Waals surface area (Å²) in [6, 6.07) is 0. The Bertz CT molecular complexity index is 560. The molecule has 90 valence electrons. The van der Waals surface area contributed by atoms with Crippen molar-refractivity contribution in [1.29, 1.82) is 0 Å². The average Bonchev–Trinajstić information content (AvgIpc) is 2.97. The van der Waals surface area contributed by atoms with Gasteiger partial charge in [-0.3, -0.25) is 0 Å². The van der Waals surface area contributed by atoms with Gasteiger partial charge in [0.1, 0.15) is 17.3 Å². The molecule has 6 heteroatoms. The topological polar surface area (TPSA) is 46.3 Å². The number of halogens is 1. The van der Waals surface area contributed by atoms with Crippen LogP contribution >= 0.6 is 11.6 Å². The zero-order valence-electron chi connectivity index (χ0n) is 9.89. The third-order valence-electron chi connectivity index (χ3n) is 3.16. The predicted molar refractivity (Wildman–Crippen MR) is 66.5 cm³/mol. The number of fused-ring (bicyclic) bond motifs is 1. The van der Waals surface area contributed by atoms with Gasteiger partial charge >= 0.3 is 0 Å². The molecule has 3 rings (SSSR count). The molecule has 0 bridgehead atoms. The second kappa shape index (κ2) is 3.84. The summed E-state index contributed by atoms with van der Waals surface area (Å²) < 4.78 is 1.75. The third kappa shape index (κ3) is 1.84. The maximum atomic E-state index is 6.13. The van der Waals surface area contributed by atoms with E-state index < -0.39 is 0 Å². The fourth-order valence-electron chi connectivity index (χ4n) is 2.11. The van der Waals surface area contributed by atoms with Crippen molar-refractivity contribution in [1.82, 2.24) is 19.6 Å². The standard InChI is InChI=1S/C11H14ClN5/c1-7-9(12)15-11-13-6-14-17(11)10(7)16(2)5-8-3-4-8/h6,8H,3-5H2,1-2H3. The van der Waals surface area contributed by atoms with Gasteiger partial charge < -0.3 is 4.90 Å². The van der Waals surface area contributed by atoms with Crippen LogP contribution in [-0.2, 0) is 0 Å². The van der Waals surface area contributed by atoms with Crippen molar-refractivity contribution in [3.05, 3.63) is 17.0 Å². The Morgan fingerprint density at radius 2 is 2.29 bits per heavy atom. The van der Waals surface area contributed by atoms with Crippen molar-refractivity contribution in [3.63, 3.8) is 0 Å². The van der Waals surface area contributed by atoms with E-state index in [2.05, 4.69) is 27.0 Å². The summed E-state index contributed by atoms with van der Waals surface area (Å²) in [5, 5.41) is 4.72. The molecule has 0 spiro atoms. The minimum absolute atomic E-state index is 0.503. The molecule has 5 nitrogen and oxygen atoms in total. The Balaban J connectivity index is 2.10. The van der Waals surface area contributed by atoms with Crippen LogP contribution in [0.3, 0.4) is 0 Å². The van der Waals surface area contributed by atoms with E-state index in [1.54, 1.807) is 4.52 Å². The summed E-state index contributed by atoms with van der Waals surface area (Å²) in [4.78, 5) is 10.5. The molecule has 0 amide bonds. The highest BCUT2D eigenvalue weighted by Crippen LogP contribution is 2.32. The summed E-state index contributed by atoms with van der Waals surface area (Å²) in [6.07, 6.45) is 4.15. The highest BCUT2D eigenvalue weighted by molar-refractivity contribution is 6.30. The lowest BCUT2D eigenvalue weighted by Gasteiger charge is -2.21. The molecule has 0 aliphatic heterocycles. The lowest BCUT2D eigenvalue weighted by molar-refractivity contribution is 0.752. The molecule has 0 radical (unpaired) electrons. The molecule has 0 atom stereocenters. The quantitative estimate of drug-likeness (QED) is 0.782. The zero-order chi connectivity index (χ0) is 12.0. The smallest absolute Gasteiger partial charge is 0.255 e. The van der Waals surface area contributed by atoms with E-state index in [-0.39, 0.29) is 0 Å². The van der Waals surface area contributed by atoms with Crippen LogP contribution in [0.15, 0.2) is 6.33 Å². The molecule has 1 fully saturated rings. The first-order valence-electron chi connectivity index (χ1n) is 5.74. The normalized spacial score (nSPS) is 15.5. The van der Waals surface area contributed by atoms with Gasteiger partial charge in [-0.15, -0.1) is 0 Å². The van der Waals surface area contributed by atoms with Crippen molar-refractivity contribution in [3.8, 4) is 0 Å². The largest absolute Gasteiger partial charge is 0.359 e. The van der Waals surface area contributed by atoms with Crippen molar-refractivity contribution in [2.24, 2.45) is 5.92 Å². The molecule has 17 heavy (non-hydrogen) atoms. The van der Waals surface area contributed by atoms with Gasteiger partial charge in [0.25, 0.3) is 5.78 Å². The van der Waals surface area contributed by atoms with Crippen LogP contribution < -0.4 is 4.90 Å². The van der Waals surface area contributed by atoms with Crippen LogP contribution in [0.1, 0.15) is 18.4 Å². The van der Waals surface area contributed by atoms with Crippen molar-refractivity contribution in [2.75, 3.05) is 18.5 Å². The van der Waals surface area contributed by atoms with Crippen molar-refractivity contribution >= 4 is 23.2 Å². The minimum atomic E-state index is 0.503. The summed E-state index contributed by atoms with van der Waals surface area (Å²) in [5.41, 5.74) is 0.952. The average molecular weight is 252 g/mol. The van der Waals surface area contributed by atoms with E-state index in [9.17, 15) is 0 Å². The second-order valence-corrected chi connectivity index (χ2v) is 5.00. The summed E-state index contributed by atoms with van der Waals surface area (Å²) >= 11 is 6.13. The van der Waals surface area contributed by atoms with Gasteiger partial charge in [0.2, 0.25) is 0 Å². The lowest BCUT2D eigenvalue weighted by atomic mass is 10.3. The fourth-order valence-corrected chi connectivity index (χ4v) is 2.27. The monoisotopic (exact) mass is 251 g/mol. The fraction of sp³-hybridized carbons (Fsp3) is 0.545. The number of anilines is 1. The molecule has 2 aromatic heterocycles. The van der Waals surface area contributed by atoms with Crippen LogP contribution in [0, 0.1) is 12.8 Å². The predicted octanol–water partition coefficient (Wildman–Crippen LogP) is 1.93. The molecule has 1 aliphatic rings. The Morgan fingerprint density at radius 1 is 1.53 bits per heavy atom. The van der Waals surface area contributed by atoms with Gasteiger partial charge in [0.15, 0.2) is 0 Å². The first-order valence-corrected chi connectivity index (χ1v) is 6.11. The number of hydrogen-bond donors (Lipinski definition) is 0. The third-order valence-corrected chi connectivity index (χ3v) is 3.53. The van der Waals surface area contributed by atoms with Gasteiger partial charge in [-0.1, -0.05) is 11.6 Å². The SMILES string of the molecule is Cc1c(Cl)nc2ncnn2c1N(C)CC1CC1. The molecular formula is C11H14ClN5. The van der Waals surface area contributed by atoms with Crippen LogP contribution in [0.25, 0.3) is 5.78 Å². The van der Waals surface area contributed by atoms with Gasteiger partial charge in [0, 0.05) is 19.2 Å². The molecule has 0 aromatic carbocycles. The number of aromatic nitrogens is 4. The highest BCUT2D eigenvalue weighted by atomic mass is 35.5. The molecule has 2 aromatic rings. The first kappa shape index (κ1) is 10.8. The van der Waals surface area contributed by atoms with E-state index >= 15 is 0 Å². The minimum Gasteiger partial charge on any atom is -0.359 e. The lowest BCUT2D eigenvalue weighted by Crippen LogP contribution is -2.24. The maximum absolute atomic E-state index is 6.13. The number of hydrogen-bond acceptors (Lipinski definition) is 4. The van der Waals surface area contributed by atoms with Crippen molar-refractivity contribution in [2.45, 2.75) is 19.8 Å². The number of nitrogens with zero attached hydrogens (tertiary/aromatic N) is 5. The van der Waals surface area contributed by atoms with E-state index in [4.69, 9.17) is 11.6 Å². The van der Waals surface area contributed by atoms with Crippen molar-refractivity contribution < 1.29 is 0 Å². The first-order chi connectivity index (χ1) is 8.16. The van der Waals surface area contributed by atoms with Gasteiger partial charge in [-0.2, -0.15) is 19.6 Å². The molecule has 0 N–H and O–H groups in total. The van der Waals surface area contributed by atoms with Gasteiger partial charge in [-0.05, 0) is 25.7 Å². The molecule has 1 aliphatic carbocycles.